The summed E-state index contributed by atoms with van der Waals surface area (Å²) in [4.78, 5) is 26.8. The van der Waals surface area contributed by atoms with Crippen molar-refractivity contribution < 1.29 is 29.6 Å². The van der Waals surface area contributed by atoms with Crippen LogP contribution in [-0.2, 0) is 17.8 Å². The Bertz CT molecular complexity index is 1100. The number of ether oxygens (including phenoxy) is 1. The molecule has 1 spiro atoms. The summed E-state index contributed by atoms with van der Waals surface area (Å²) in [5, 5.41) is 31.9. The zero-order valence-corrected chi connectivity index (χ0v) is 21.7. The van der Waals surface area contributed by atoms with Crippen LogP contribution in [-0.4, -0.2) is 49.8 Å². The van der Waals surface area contributed by atoms with E-state index in [1.165, 1.54) is 11.0 Å². The molecular formula is C28H39NO6. The van der Waals surface area contributed by atoms with Crippen LogP contribution < -0.4 is 4.74 Å². The lowest BCUT2D eigenvalue weighted by Gasteiger charge is -2.67. The number of phenols is 1. The number of aromatic hydroxyl groups is 1. The number of phenolic OH excluding ortho intramolecular Hbond substituents is 1. The molecule has 2 aliphatic carbocycles. The predicted octanol–water partition coefficient (Wildman–Crippen LogP) is 4.36. The van der Waals surface area contributed by atoms with Crippen molar-refractivity contribution in [3.8, 4) is 11.5 Å². The summed E-state index contributed by atoms with van der Waals surface area (Å²) in [5.74, 6) is -0.569. The molecule has 35 heavy (non-hydrogen) atoms. The molecule has 2 saturated carbocycles. The SMILES string of the molecule is CC(C)C(C(=O)O)N1Cc2c(cc(O)c3c2O[C@@]24CC[C@H](O)C(C)(C)[C@@H]2CC[C@H](C)[C@@]4(C)C3)C1=O. The number of fused-ring (bicyclic) bond motifs is 3. The monoisotopic (exact) mass is 485 g/mol. The lowest BCUT2D eigenvalue weighted by molar-refractivity contribution is -0.233. The van der Waals surface area contributed by atoms with Crippen molar-refractivity contribution in [2.45, 2.75) is 97.9 Å². The molecule has 2 fully saturated rings. The molecule has 7 nitrogen and oxygen atoms in total. The number of carbonyl (C=O) groups excluding carboxylic acids is 1. The fraction of sp³-hybridized carbons (Fsp3) is 0.714. The van der Waals surface area contributed by atoms with Gasteiger partial charge in [0.25, 0.3) is 5.91 Å². The summed E-state index contributed by atoms with van der Waals surface area (Å²) < 4.78 is 7.11. The van der Waals surface area contributed by atoms with Gasteiger partial charge in [-0.25, -0.2) is 4.79 Å². The van der Waals surface area contributed by atoms with Crippen molar-refractivity contribution in [1.82, 2.24) is 4.90 Å². The van der Waals surface area contributed by atoms with Crippen molar-refractivity contribution in [2.75, 3.05) is 0 Å². The Morgan fingerprint density at radius 1 is 1.17 bits per heavy atom. The fourth-order valence-corrected chi connectivity index (χ4v) is 8.06. The molecule has 2 aliphatic heterocycles. The van der Waals surface area contributed by atoms with E-state index in [4.69, 9.17) is 4.74 Å². The third-order valence-corrected chi connectivity index (χ3v) is 10.4. The summed E-state index contributed by atoms with van der Waals surface area (Å²) in [7, 11) is 0. The number of nitrogens with zero attached hydrogens (tertiary/aromatic N) is 1. The van der Waals surface area contributed by atoms with Crippen LogP contribution in [0.4, 0.5) is 0 Å². The number of aliphatic hydroxyl groups is 1. The third kappa shape index (κ3) is 3.06. The molecule has 2 heterocycles. The first-order valence-corrected chi connectivity index (χ1v) is 13.0. The van der Waals surface area contributed by atoms with Gasteiger partial charge in [0, 0.05) is 22.5 Å². The molecule has 1 aromatic rings. The average Bonchev–Trinajstić information content (AvgIpc) is 3.07. The largest absolute Gasteiger partial charge is 0.508 e. The van der Waals surface area contributed by atoms with Gasteiger partial charge >= 0.3 is 5.97 Å². The first-order valence-electron chi connectivity index (χ1n) is 13.0. The predicted molar refractivity (Wildman–Crippen MR) is 130 cm³/mol. The third-order valence-electron chi connectivity index (χ3n) is 10.4. The number of rotatable bonds is 3. The van der Waals surface area contributed by atoms with E-state index < -0.39 is 23.7 Å². The average molecular weight is 486 g/mol. The van der Waals surface area contributed by atoms with Crippen LogP contribution in [0.1, 0.15) is 88.7 Å². The molecular weight excluding hydrogens is 446 g/mol. The quantitative estimate of drug-likeness (QED) is 0.587. The molecule has 0 aromatic heterocycles. The topological polar surface area (TPSA) is 107 Å². The van der Waals surface area contributed by atoms with E-state index in [0.717, 1.165) is 18.4 Å². The molecule has 5 rings (SSSR count). The Labute approximate surface area is 207 Å². The Morgan fingerprint density at radius 2 is 1.86 bits per heavy atom. The fourth-order valence-electron chi connectivity index (χ4n) is 8.06. The minimum atomic E-state index is -1.03. The van der Waals surface area contributed by atoms with Gasteiger partial charge in [-0.05, 0) is 55.4 Å². The molecule has 3 N–H and O–H groups in total. The minimum Gasteiger partial charge on any atom is -0.508 e. The number of aliphatic carboxylic acids is 1. The number of carbonyl (C=O) groups is 2. The van der Waals surface area contributed by atoms with Gasteiger partial charge in [-0.15, -0.1) is 0 Å². The van der Waals surface area contributed by atoms with Crippen LogP contribution in [0.5, 0.6) is 11.5 Å². The minimum absolute atomic E-state index is 0.0471. The first-order chi connectivity index (χ1) is 16.3. The highest BCUT2D eigenvalue weighted by atomic mass is 16.5. The molecule has 0 radical (unpaired) electrons. The van der Waals surface area contributed by atoms with Crippen LogP contribution >= 0.6 is 0 Å². The lowest BCUT2D eigenvalue weighted by Crippen LogP contribution is -2.70. The van der Waals surface area contributed by atoms with Crippen LogP contribution in [0, 0.1) is 28.6 Å². The second-order valence-electron chi connectivity index (χ2n) is 12.7. The van der Waals surface area contributed by atoms with Crippen molar-refractivity contribution in [3.05, 3.63) is 22.8 Å². The van der Waals surface area contributed by atoms with Gasteiger partial charge in [0.1, 0.15) is 23.1 Å². The summed E-state index contributed by atoms with van der Waals surface area (Å²) in [6.45, 7) is 12.6. The highest BCUT2D eigenvalue weighted by Crippen LogP contribution is 2.67. The normalized spacial score (nSPS) is 36.1. The van der Waals surface area contributed by atoms with Gasteiger partial charge in [0.2, 0.25) is 0 Å². The van der Waals surface area contributed by atoms with E-state index in [2.05, 4.69) is 27.7 Å². The first kappa shape index (κ1) is 24.4. The summed E-state index contributed by atoms with van der Waals surface area (Å²) >= 11 is 0. The smallest absolute Gasteiger partial charge is 0.326 e. The van der Waals surface area contributed by atoms with E-state index >= 15 is 0 Å². The highest BCUT2D eigenvalue weighted by molar-refractivity contribution is 6.02. The zero-order chi connectivity index (χ0) is 25.7. The Morgan fingerprint density at radius 3 is 2.49 bits per heavy atom. The van der Waals surface area contributed by atoms with Gasteiger partial charge in [-0.1, -0.05) is 41.5 Å². The van der Waals surface area contributed by atoms with Crippen LogP contribution in [0.3, 0.4) is 0 Å². The molecule has 1 aromatic carbocycles. The Balaban J connectivity index is 1.66. The van der Waals surface area contributed by atoms with E-state index in [-0.39, 0.29) is 40.9 Å². The van der Waals surface area contributed by atoms with Crippen molar-refractivity contribution in [2.24, 2.45) is 28.6 Å². The van der Waals surface area contributed by atoms with Gasteiger partial charge < -0.3 is 25.0 Å². The Kier molecular flexibility index (Phi) is 5.31. The lowest BCUT2D eigenvalue weighted by atomic mass is 9.43. The van der Waals surface area contributed by atoms with Crippen LogP contribution in [0.2, 0.25) is 0 Å². The number of carboxylic acids is 1. The summed E-state index contributed by atoms with van der Waals surface area (Å²) in [6, 6.07) is 0.561. The van der Waals surface area contributed by atoms with Crippen molar-refractivity contribution in [1.29, 1.82) is 0 Å². The van der Waals surface area contributed by atoms with Crippen LogP contribution in [0.15, 0.2) is 6.07 Å². The molecule has 0 bridgehead atoms. The van der Waals surface area contributed by atoms with E-state index in [0.29, 0.717) is 42.1 Å². The molecule has 192 valence electrons. The number of hydrogen-bond acceptors (Lipinski definition) is 5. The zero-order valence-electron chi connectivity index (χ0n) is 21.7. The van der Waals surface area contributed by atoms with Gasteiger partial charge in [-0.3, -0.25) is 4.79 Å². The highest BCUT2D eigenvalue weighted by Gasteiger charge is 2.68. The van der Waals surface area contributed by atoms with Gasteiger partial charge in [0.05, 0.1) is 18.2 Å². The standard InChI is InChI=1S/C28H39NO6/c1-14(2)22(25(33)34)29-13-18-16(24(29)32)11-19(30)17-12-27(6)15(3)7-8-20-26(4,5)21(31)9-10-28(20,27)35-23(17)18/h11,14-15,20-22,30-31H,7-10,12-13H2,1-6H3,(H,33,34)/t15-,20-,21-,22?,27+,28-/m0/s1. The number of carboxylic acid groups (broad SMARTS) is 1. The maximum atomic E-state index is 13.4. The van der Waals surface area contributed by atoms with E-state index in [1.807, 2.05) is 0 Å². The maximum absolute atomic E-state index is 13.4. The molecule has 4 aliphatic rings. The Hall–Kier alpha value is -2.28. The van der Waals surface area contributed by atoms with Crippen molar-refractivity contribution in [3.63, 3.8) is 0 Å². The van der Waals surface area contributed by atoms with Crippen LogP contribution in [0.25, 0.3) is 0 Å². The summed E-state index contributed by atoms with van der Waals surface area (Å²) in [6.07, 6.45) is 3.57. The number of aliphatic hydroxyl groups excluding tert-OH is 1. The summed E-state index contributed by atoms with van der Waals surface area (Å²) in [5.41, 5.74) is 0.652. The molecule has 7 heteroatoms. The number of hydrogen-bond donors (Lipinski definition) is 3. The van der Waals surface area contributed by atoms with E-state index in [9.17, 15) is 24.9 Å². The maximum Gasteiger partial charge on any atom is 0.326 e. The van der Waals surface area contributed by atoms with Gasteiger partial charge in [-0.2, -0.15) is 0 Å². The van der Waals surface area contributed by atoms with E-state index in [1.54, 1.807) is 13.8 Å². The molecule has 1 amide bonds. The van der Waals surface area contributed by atoms with Crippen molar-refractivity contribution >= 4 is 11.9 Å². The molecule has 0 saturated heterocycles. The second-order valence-corrected chi connectivity index (χ2v) is 12.7. The number of amides is 1. The van der Waals surface area contributed by atoms with Gasteiger partial charge in [0.15, 0.2) is 0 Å². The molecule has 6 atom stereocenters. The second kappa shape index (κ2) is 7.61. The number of benzene rings is 1. The molecule has 1 unspecified atom stereocenters.